The molecule has 3 heteroatoms. The monoisotopic (exact) mass is 288 g/mol. The van der Waals surface area contributed by atoms with Gasteiger partial charge in [0.05, 0.1) is 0 Å². The van der Waals surface area contributed by atoms with Crippen molar-refractivity contribution in [2.24, 2.45) is 0 Å². The minimum absolute atomic E-state index is 0.116. The zero-order valence-corrected chi connectivity index (χ0v) is 12.9. The number of carbonyl (C=O) groups is 1. The zero-order valence-electron chi connectivity index (χ0n) is 12.1. The van der Waals surface area contributed by atoms with Gasteiger partial charge in [-0.15, -0.1) is 0 Å². The van der Waals surface area contributed by atoms with Crippen molar-refractivity contribution >= 4 is 17.5 Å². The molecule has 0 heterocycles. The average Bonchev–Trinajstić information content (AvgIpc) is 2.37. The van der Waals surface area contributed by atoms with Crippen LogP contribution in [0.25, 0.3) is 0 Å². The van der Waals surface area contributed by atoms with Crippen molar-refractivity contribution < 1.29 is 9.18 Å². The van der Waals surface area contributed by atoms with Gasteiger partial charge in [0.2, 0.25) is 0 Å². The van der Waals surface area contributed by atoms with E-state index < -0.39 is 0 Å². The molecule has 2 aromatic rings. The van der Waals surface area contributed by atoms with Gasteiger partial charge in [-0.2, -0.15) is 0 Å². The highest BCUT2D eigenvalue weighted by atomic mass is 32.2. The topological polar surface area (TPSA) is 17.1 Å². The van der Waals surface area contributed by atoms with E-state index >= 15 is 0 Å². The molecule has 0 aliphatic heterocycles. The van der Waals surface area contributed by atoms with Crippen LogP contribution >= 0.6 is 11.8 Å². The number of hydrogen-bond acceptors (Lipinski definition) is 2. The van der Waals surface area contributed by atoms with Crippen molar-refractivity contribution in [1.82, 2.24) is 0 Å². The third kappa shape index (κ3) is 3.10. The van der Waals surface area contributed by atoms with Crippen molar-refractivity contribution in [2.45, 2.75) is 37.5 Å². The van der Waals surface area contributed by atoms with Crippen LogP contribution in [0.5, 0.6) is 0 Å². The molecule has 0 saturated carbocycles. The van der Waals surface area contributed by atoms with E-state index in [2.05, 4.69) is 26.0 Å². The molecule has 0 N–H and O–H groups in total. The highest BCUT2D eigenvalue weighted by Gasteiger charge is 2.12. The quantitative estimate of drug-likeness (QED) is 0.730. The van der Waals surface area contributed by atoms with Gasteiger partial charge in [-0.05, 0) is 68.7 Å². The molecule has 0 aliphatic carbocycles. The zero-order chi connectivity index (χ0) is 14.9. The number of Topliss-reactive ketones (excluding diaryl/α,β-unsaturated/α-hetero) is 1. The first-order valence-corrected chi connectivity index (χ1v) is 7.26. The first-order valence-electron chi connectivity index (χ1n) is 6.44. The van der Waals surface area contributed by atoms with Crippen molar-refractivity contribution in [3.05, 3.63) is 58.4 Å². The predicted molar refractivity (Wildman–Crippen MR) is 81.2 cm³/mol. The summed E-state index contributed by atoms with van der Waals surface area (Å²) in [6, 6.07) is 9.24. The van der Waals surface area contributed by atoms with E-state index in [1.54, 1.807) is 13.0 Å². The van der Waals surface area contributed by atoms with Crippen LogP contribution in [-0.4, -0.2) is 5.78 Å². The second kappa shape index (κ2) is 5.80. The van der Waals surface area contributed by atoms with Crippen LogP contribution in [0.4, 0.5) is 4.39 Å². The smallest absolute Gasteiger partial charge is 0.161 e. The number of hydrogen-bond donors (Lipinski definition) is 0. The third-order valence-electron chi connectivity index (χ3n) is 3.35. The number of benzene rings is 2. The van der Waals surface area contributed by atoms with Gasteiger partial charge < -0.3 is 0 Å². The van der Waals surface area contributed by atoms with Gasteiger partial charge in [0.25, 0.3) is 0 Å². The number of ketones is 1. The van der Waals surface area contributed by atoms with Crippen molar-refractivity contribution in [3.63, 3.8) is 0 Å². The van der Waals surface area contributed by atoms with E-state index in [1.165, 1.54) is 35.9 Å². The fourth-order valence-electron chi connectivity index (χ4n) is 1.92. The first-order chi connectivity index (χ1) is 9.38. The highest BCUT2D eigenvalue weighted by molar-refractivity contribution is 7.99. The molecule has 104 valence electrons. The van der Waals surface area contributed by atoms with Crippen LogP contribution in [0.3, 0.4) is 0 Å². The minimum atomic E-state index is -0.334. The van der Waals surface area contributed by atoms with Crippen molar-refractivity contribution in [3.8, 4) is 0 Å². The highest BCUT2D eigenvalue weighted by Crippen LogP contribution is 2.33. The van der Waals surface area contributed by atoms with Crippen molar-refractivity contribution in [2.75, 3.05) is 0 Å². The molecule has 20 heavy (non-hydrogen) atoms. The number of halogens is 1. The summed E-state index contributed by atoms with van der Waals surface area (Å²) in [5.41, 5.74) is 3.44. The van der Waals surface area contributed by atoms with E-state index in [1.807, 2.05) is 6.07 Å². The fourth-order valence-corrected chi connectivity index (χ4v) is 3.09. The summed E-state index contributed by atoms with van der Waals surface area (Å²) in [7, 11) is 0. The average molecular weight is 288 g/mol. The Kier molecular flexibility index (Phi) is 4.29. The van der Waals surface area contributed by atoms with E-state index in [0.29, 0.717) is 11.1 Å². The summed E-state index contributed by atoms with van der Waals surface area (Å²) in [6.07, 6.45) is 0. The van der Waals surface area contributed by atoms with Gasteiger partial charge >= 0.3 is 0 Å². The lowest BCUT2D eigenvalue weighted by Crippen LogP contribution is -1.98. The Morgan fingerprint density at radius 1 is 1.00 bits per heavy atom. The van der Waals surface area contributed by atoms with Crippen LogP contribution < -0.4 is 0 Å². The Morgan fingerprint density at radius 3 is 2.30 bits per heavy atom. The summed E-state index contributed by atoms with van der Waals surface area (Å²) in [5.74, 6) is -0.449. The lowest BCUT2D eigenvalue weighted by molar-refractivity contribution is 0.101. The Bertz CT molecular complexity index is 677. The normalized spacial score (nSPS) is 10.7. The molecule has 0 fully saturated rings. The number of carbonyl (C=O) groups excluding carboxylic acids is 1. The Morgan fingerprint density at radius 2 is 1.70 bits per heavy atom. The van der Waals surface area contributed by atoms with E-state index in [9.17, 15) is 9.18 Å². The molecule has 0 radical (unpaired) electrons. The lowest BCUT2D eigenvalue weighted by Gasteiger charge is -2.10. The van der Waals surface area contributed by atoms with E-state index in [-0.39, 0.29) is 11.6 Å². The second-order valence-corrected chi connectivity index (χ2v) is 6.12. The largest absolute Gasteiger partial charge is 0.294 e. The molecule has 0 spiro atoms. The van der Waals surface area contributed by atoms with Crippen LogP contribution in [0.15, 0.2) is 40.1 Å². The van der Waals surface area contributed by atoms with E-state index in [0.717, 1.165) is 9.79 Å². The van der Waals surface area contributed by atoms with Crippen molar-refractivity contribution in [1.29, 1.82) is 0 Å². The SMILES string of the molecule is CC(=O)c1cc(F)c(C)cc1Sc1ccc(C)c(C)c1. The molecule has 1 nitrogen and oxygen atoms in total. The maximum atomic E-state index is 13.6. The molecule has 0 aliphatic rings. The molecular formula is C17H17FOS. The van der Waals surface area contributed by atoms with Gasteiger partial charge in [0, 0.05) is 15.4 Å². The first kappa shape index (κ1) is 14.8. The second-order valence-electron chi connectivity index (χ2n) is 5.00. The molecule has 2 aromatic carbocycles. The number of rotatable bonds is 3. The maximum Gasteiger partial charge on any atom is 0.161 e. The Balaban J connectivity index is 2.44. The van der Waals surface area contributed by atoms with Gasteiger partial charge in [-0.3, -0.25) is 4.79 Å². The Labute approximate surface area is 123 Å². The van der Waals surface area contributed by atoms with Gasteiger partial charge in [0.15, 0.2) is 5.78 Å². The summed E-state index contributed by atoms with van der Waals surface area (Å²) >= 11 is 1.50. The van der Waals surface area contributed by atoms with Crippen LogP contribution in [-0.2, 0) is 0 Å². The summed E-state index contributed by atoms with van der Waals surface area (Å²) in [6.45, 7) is 7.30. The lowest BCUT2D eigenvalue weighted by atomic mass is 10.1. The molecule has 0 unspecified atom stereocenters. The fraction of sp³-hybridized carbons (Fsp3) is 0.235. The molecule has 0 aromatic heterocycles. The van der Waals surface area contributed by atoms with Gasteiger partial charge in [-0.1, -0.05) is 17.8 Å². The molecule has 0 bridgehead atoms. The minimum Gasteiger partial charge on any atom is -0.294 e. The van der Waals surface area contributed by atoms with Crippen LogP contribution in [0.1, 0.15) is 34.0 Å². The predicted octanol–water partition coefficient (Wildman–Crippen LogP) is 5.10. The summed E-state index contributed by atoms with van der Waals surface area (Å²) in [4.78, 5) is 13.5. The van der Waals surface area contributed by atoms with Gasteiger partial charge in [-0.25, -0.2) is 4.39 Å². The molecular weight excluding hydrogens is 271 g/mol. The standard InChI is InChI=1S/C17H17FOS/c1-10-5-6-14(7-11(10)2)20-17-8-12(3)16(18)9-15(17)13(4)19/h5-9H,1-4H3. The Hall–Kier alpha value is -1.61. The van der Waals surface area contributed by atoms with E-state index in [4.69, 9.17) is 0 Å². The van der Waals surface area contributed by atoms with Crippen LogP contribution in [0, 0.1) is 26.6 Å². The molecule has 0 atom stereocenters. The maximum absolute atomic E-state index is 13.6. The summed E-state index contributed by atoms with van der Waals surface area (Å²) < 4.78 is 13.6. The van der Waals surface area contributed by atoms with Crippen LogP contribution in [0.2, 0.25) is 0 Å². The molecule has 0 saturated heterocycles. The third-order valence-corrected chi connectivity index (χ3v) is 4.39. The molecule has 0 amide bonds. The van der Waals surface area contributed by atoms with Gasteiger partial charge in [0.1, 0.15) is 5.82 Å². The molecule has 2 rings (SSSR count). The number of aryl methyl sites for hydroxylation is 3. The summed E-state index contributed by atoms with van der Waals surface area (Å²) in [5, 5.41) is 0.